The van der Waals surface area contributed by atoms with E-state index in [0.29, 0.717) is 11.5 Å². The van der Waals surface area contributed by atoms with Crippen LogP contribution in [0.5, 0.6) is 0 Å². The highest BCUT2D eigenvalue weighted by Crippen LogP contribution is 2.21. The predicted octanol–water partition coefficient (Wildman–Crippen LogP) is 2.69. The van der Waals surface area contributed by atoms with Gasteiger partial charge in [-0.1, -0.05) is 12.1 Å². The van der Waals surface area contributed by atoms with Crippen LogP contribution in [0.15, 0.2) is 18.2 Å². The van der Waals surface area contributed by atoms with Crippen molar-refractivity contribution in [2.45, 2.75) is 39.3 Å². The Morgan fingerprint density at radius 1 is 1.50 bits per heavy atom. The second kappa shape index (κ2) is 5.81. The first-order valence-corrected chi connectivity index (χ1v) is 6.79. The van der Waals surface area contributed by atoms with Crippen molar-refractivity contribution in [3.8, 4) is 0 Å². The van der Waals surface area contributed by atoms with Crippen LogP contribution in [0.3, 0.4) is 0 Å². The zero-order valence-corrected chi connectivity index (χ0v) is 11.3. The molecule has 1 aromatic rings. The molecule has 1 fully saturated rings. The number of nitrogens with two attached hydrogens (primary N) is 1. The molecule has 0 spiro atoms. The van der Waals surface area contributed by atoms with Gasteiger partial charge >= 0.3 is 0 Å². The van der Waals surface area contributed by atoms with Crippen LogP contribution in [0.1, 0.15) is 30.9 Å². The average Bonchev–Trinajstić information content (AvgIpc) is 2.34. The maximum Gasteiger partial charge on any atom is 0.126 e. The van der Waals surface area contributed by atoms with E-state index in [1.807, 2.05) is 12.1 Å². The van der Waals surface area contributed by atoms with Crippen LogP contribution in [-0.2, 0) is 6.54 Å². The van der Waals surface area contributed by atoms with E-state index in [1.54, 1.807) is 13.0 Å². The van der Waals surface area contributed by atoms with Crippen LogP contribution in [0.4, 0.5) is 4.39 Å². The molecule has 2 unspecified atom stereocenters. The van der Waals surface area contributed by atoms with Crippen molar-refractivity contribution < 1.29 is 4.39 Å². The van der Waals surface area contributed by atoms with E-state index in [4.69, 9.17) is 5.73 Å². The molecule has 0 bridgehead atoms. The highest BCUT2D eigenvalue weighted by atomic mass is 19.1. The molecule has 1 aliphatic rings. The molecule has 0 aliphatic carbocycles. The first-order chi connectivity index (χ1) is 8.56. The summed E-state index contributed by atoms with van der Waals surface area (Å²) in [7, 11) is 0. The normalized spacial score (nSPS) is 23.0. The molecule has 0 saturated carbocycles. The summed E-state index contributed by atoms with van der Waals surface area (Å²) in [5.74, 6) is 0.474. The Kier molecular flexibility index (Phi) is 4.36. The van der Waals surface area contributed by atoms with Gasteiger partial charge in [0.05, 0.1) is 0 Å². The van der Waals surface area contributed by atoms with Crippen molar-refractivity contribution in [3.63, 3.8) is 0 Å². The molecule has 3 heteroatoms. The molecule has 1 saturated heterocycles. The first kappa shape index (κ1) is 13.5. The van der Waals surface area contributed by atoms with Gasteiger partial charge in [-0.3, -0.25) is 4.90 Å². The third-order valence-electron chi connectivity index (χ3n) is 3.93. The lowest BCUT2D eigenvalue weighted by Crippen LogP contribution is -2.41. The first-order valence-electron chi connectivity index (χ1n) is 6.79. The smallest absolute Gasteiger partial charge is 0.126 e. The summed E-state index contributed by atoms with van der Waals surface area (Å²) in [5, 5.41) is 0. The Morgan fingerprint density at radius 3 is 2.94 bits per heavy atom. The fourth-order valence-corrected chi connectivity index (χ4v) is 2.66. The van der Waals surface area contributed by atoms with Gasteiger partial charge in [0, 0.05) is 19.1 Å². The molecule has 2 nitrogen and oxygen atoms in total. The van der Waals surface area contributed by atoms with Gasteiger partial charge in [-0.15, -0.1) is 0 Å². The van der Waals surface area contributed by atoms with Crippen LogP contribution >= 0.6 is 0 Å². The monoisotopic (exact) mass is 250 g/mol. The maximum atomic E-state index is 13.5. The summed E-state index contributed by atoms with van der Waals surface area (Å²) >= 11 is 0. The van der Waals surface area contributed by atoms with E-state index in [-0.39, 0.29) is 11.9 Å². The second-order valence-corrected chi connectivity index (χ2v) is 5.58. The molecule has 1 aliphatic heterocycles. The number of likely N-dealkylation sites (tertiary alicyclic amines) is 1. The molecular weight excluding hydrogens is 227 g/mol. The summed E-state index contributed by atoms with van der Waals surface area (Å²) in [6.45, 7) is 6.85. The molecule has 2 rings (SSSR count). The lowest BCUT2D eigenvalue weighted by atomic mass is 9.92. The van der Waals surface area contributed by atoms with Crippen molar-refractivity contribution >= 4 is 0 Å². The number of piperidine rings is 1. The zero-order valence-electron chi connectivity index (χ0n) is 11.3. The molecule has 100 valence electrons. The molecule has 0 aromatic heterocycles. The topological polar surface area (TPSA) is 29.3 Å². The van der Waals surface area contributed by atoms with Gasteiger partial charge in [0.25, 0.3) is 0 Å². The zero-order chi connectivity index (χ0) is 13.1. The summed E-state index contributed by atoms with van der Waals surface area (Å²) in [6, 6.07) is 5.79. The Hall–Kier alpha value is -0.930. The second-order valence-electron chi connectivity index (χ2n) is 5.58. The van der Waals surface area contributed by atoms with E-state index in [0.717, 1.165) is 25.2 Å². The fourth-order valence-electron chi connectivity index (χ4n) is 2.66. The lowest BCUT2D eigenvalue weighted by Gasteiger charge is -2.34. The molecule has 18 heavy (non-hydrogen) atoms. The minimum Gasteiger partial charge on any atom is -0.328 e. The number of halogens is 1. The third kappa shape index (κ3) is 3.30. The van der Waals surface area contributed by atoms with Crippen LogP contribution in [0, 0.1) is 18.7 Å². The number of hydrogen-bond donors (Lipinski definition) is 1. The van der Waals surface area contributed by atoms with Gasteiger partial charge < -0.3 is 5.73 Å². The number of nitrogens with zero attached hydrogens (tertiary/aromatic N) is 1. The Balaban J connectivity index is 1.98. The predicted molar refractivity (Wildman–Crippen MR) is 72.8 cm³/mol. The molecule has 0 amide bonds. The van der Waals surface area contributed by atoms with Gasteiger partial charge in [-0.2, -0.15) is 0 Å². The number of hydrogen-bond acceptors (Lipinski definition) is 2. The quantitative estimate of drug-likeness (QED) is 0.893. The lowest BCUT2D eigenvalue weighted by molar-refractivity contribution is 0.154. The molecule has 0 radical (unpaired) electrons. The van der Waals surface area contributed by atoms with E-state index in [1.165, 1.54) is 12.8 Å². The minimum absolute atomic E-state index is 0.103. The number of aryl methyl sites for hydroxylation is 1. The molecule has 1 aromatic carbocycles. The van der Waals surface area contributed by atoms with Gasteiger partial charge in [0.2, 0.25) is 0 Å². The summed E-state index contributed by atoms with van der Waals surface area (Å²) in [4.78, 5) is 2.39. The third-order valence-corrected chi connectivity index (χ3v) is 3.93. The van der Waals surface area contributed by atoms with E-state index in [9.17, 15) is 4.39 Å². The Bertz CT molecular complexity index is 403. The number of rotatable bonds is 3. The molecule has 1 heterocycles. The van der Waals surface area contributed by atoms with Crippen molar-refractivity contribution in [1.82, 2.24) is 4.90 Å². The largest absolute Gasteiger partial charge is 0.328 e. The van der Waals surface area contributed by atoms with Crippen LogP contribution in [-0.4, -0.2) is 24.0 Å². The highest BCUT2D eigenvalue weighted by molar-refractivity contribution is 5.23. The number of benzene rings is 1. The molecule has 2 N–H and O–H groups in total. The van der Waals surface area contributed by atoms with E-state index >= 15 is 0 Å². The van der Waals surface area contributed by atoms with Crippen molar-refractivity contribution in [2.75, 3.05) is 13.1 Å². The average molecular weight is 250 g/mol. The van der Waals surface area contributed by atoms with E-state index < -0.39 is 0 Å². The van der Waals surface area contributed by atoms with Crippen molar-refractivity contribution in [1.29, 1.82) is 0 Å². The van der Waals surface area contributed by atoms with Gasteiger partial charge in [0.1, 0.15) is 5.82 Å². The summed E-state index contributed by atoms with van der Waals surface area (Å²) < 4.78 is 13.5. The fraction of sp³-hybridized carbons (Fsp3) is 0.600. The van der Waals surface area contributed by atoms with Gasteiger partial charge in [-0.05, 0) is 56.3 Å². The summed E-state index contributed by atoms with van der Waals surface area (Å²) in [6.07, 6.45) is 2.41. The van der Waals surface area contributed by atoms with Gasteiger partial charge in [0.15, 0.2) is 0 Å². The van der Waals surface area contributed by atoms with Gasteiger partial charge in [-0.25, -0.2) is 4.39 Å². The standard InChI is InChI=1S/C15H23FN2/c1-11-5-6-13(8-15(11)16)9-18-7-3-4-14(10-18)12(2)17/h5-6,8,12,14H,3-4,7,9-10,17H2,1-2H3. The Labute approximate surface area is 109 Å². The SMILES string of the molecule is Cc1ccc(CN2CCCC(C(C)N)C2)cc1F. The summed E-state index contributed by atoms with van der Waals surface area (Å²) in [5.41, 5.74) is 7.75. The molecule has 2 atom stereocenters. The van der Waals surface area contributed by atoms with Crippen LogP contribution < -0.4 is 5.73 Å². The van der Waals surface area contributed by atoms with Crippen LogP contribution in [0.25, 0.3) is 0 Å². The van der Waals surface area contributed by atoms with E-state index in [2.05, 4.69) is 11.8 Å². The minimum atomic E-state index is -0.103. The Morgan fingerprint density at radius 2 is 2.28 bits per heavy atom. The molecular formula is C15H23FN2. The van der Waals surface area contributed by atoms with Crippen molar-refractivity contribution in [3.05, 3.63) is 35.1 Å². The highest BCUT2D eigenvalue weighted by Gasteiger charge is 2.22. The van der Waals surface area contributed by atoms with Crippen molar-refractivity contribution in [2.24, 2.45) is 11.7 Å². The maximum absolute atomic E-state index is 13.5. The van der Waals surface area contributed by atoms with Crippen LogP contribution in [0.2, 0.25) is 0 Å².